The molecule has 0 saturated carbocycles. The molecule has 0 radical (unpaired) electrons. The van der Waals surface area contributed by atoms with Crippen LogP contribution in [0.2, 0.25) is 0 Å². The minimum absolute atomic E-state index is 0.190. The molecule has 8 heteroatoms. The smallest absolute Gasteiger partial charge is 0.326 e. The van der Waals surface area contributed by atoms with Gasteiger partial charge in [-0.25, -0.2) is 4.79 Å². The number of nitrogens with one attached hydrogen (secondary N) is 1. The van der Waals surface area contributed by atoms with E-state index in [0.717, 1.165) is 11.3 Å². The summed E-state index contributed by atoms with van der Waals surface area (Å²) in [6.07, 6.45) is 3.91. The van der Waals surface area contributed by atoms with E-state index >= 15 is 0 Å². The van der Waals surface area contributed by atoms with E-state index < -0.39 is 30.0 Å². The van der Waals surface area contributed by atoms with Crippen LogP contribution in [0.15, 0.2) is 30.3 Å². The zero-order valence-electron chi connectivity index (χ0n) is 15.5. The van der Waals surface area contributed by atoms with Gasteiger partial charge in [0.05, 0.1) is 6.04 Å². The maximum absolute atomic E-state index is 12.7. The van der Waals surface area contributed by atoms with Gasteiger partial charge in [-0.15, -0.1) is 0 Å². The lowest BCUT2D eigenvalue weighted by atomic mass is 10.1. The lowest BCUT2D eigenvalue weighted by molar-refractivity contribution is -0.144. The maximum Gasteiger partial charge on any atom is 0.326 e. The fourth-order valence-electron chi connectivity index (χ4n) is 3.20. The first-order chi connectivity index (χ1) is 12.9. The second-order valence-corrected chi connectivity index (χ2v) is 7.65. The van der Waals surface area contributed by atoms with Crippen LogP contribution in [0.3, 0.4) is 0 Å². The highest BCUT2D eigenvalue weighted by molar-refractivity contribution is 7.98. The third kappa shape index (κ3) is 5.97. The van der Waals surface area contributed by atoms with Gasteiger partial charge in [0.15, 0.2) is 0 Å². The molecule has 4 N–H and O–H groups in total. The molecule has 0 unspecified atom stereocenters. The van der Waals surface area contributed by atoms with E-state index in [0.29, 0.717) is 25.8 Å². The molecule has 1 aliphatic heterocycles. The molecule has 1 aromatic rings. The molecule has 2 rings (SSSR count). The zero-order chi connectivity index (χ0) is 19.8. The predicted molar refractivity (Wildman–Crippen MR) is 105 cm³/mol. The van der Waals surface area contributed by atoms with Crippen molar-refractivity contribution in [1.82, 2.24) is 10.2 Å². The van der Waals surface area contributed by atoms with Crippen molar-refractivity contribution in [2.24, 2.45) is 5.73 Å². The summed E-state index contributed by atoms with van der Waals surface area (Å²) in [5, 5.41) is 12.1. The molecule has 0 aliphatic carbocycles. The number of likely N-dealkylation sites (tertiary alicyclic amines) is 1. The molecule has 0 bridgehead atoms. The zero-order valence-corrected chi connectivity index (χ0v) is 16.3. The number of benzene rings is 1. The Morgan fingerprint density at radius 2 is 2.04 bits per heavy atom. The number of hydrogen-bond acceptors (Lipinski definition) is 5. The average molecular weight is 394 g/mol. The average Bonchev–Trinajstić information content (AvgIpc) is 3.15. The van der Waals surface area contributed by atoms with E-state index in [4.69, 9.17) is 5.73 Å². The third-order valence-corrected chi connectivity index (χ3v) is 5.33. The summed E-state index contributed by atoms with van der Waals surface area (Å²) in [5.41, 5.74) is 6.79. The van der Waals surface area contributed by atoms with Crippen LogP contribution in [0.1, 0.15) is 24.8 Å². The van der Waals surface area contributed by atoms with Gasteiger partial charge in [-0.1, -0.05) is 30.3 Å². The van der Waals surface area contributed by atoms with Crippen molar-refractivity contribution in [2.75, 3.05) is 18.6 Å². The van der Waals surface area contributed by atoms with Gasteiger partial charge in [0.2, 0.25) is 11.8 Å². The number of thioether (sulfide) groups is 1. The van der Waals surface area contributed by atoms with E-state index in [2.05, 4.69) is 5.32 Å². The van der Waals surface area contributed by atoms with Crippen molar-refractivity contribution in [3.63, 3.8) is 0 Å². The lowest BCUT2D eigenvalue weighted by Crippen LogP contribution is -2.54. The van der Waals surface area contributed by atoms with Gasteiger partial charge in [0.1, 0.15) is 12.1 Å². The van der Waals surface area contributed by atoms with E-state index in [9.17, 15) is 19.5 Å². The Morgan fingerprint density at radius 3 is 2.67 bits per heavy atom. The first-order valence-corrected chi connectivity index (χ1v) is 10.5. The number of nitrogens with zero attached hydrogens (tertiary/aromatic N) is 1. The van der Waals surface area contributed by atoms with Crippen LogP contribution in [0, 0.1) is 0 Å². The number of carbonyl (C=O) groups is 3. The van der Waals surface area contributed by atoms with Gasteiger partial charge in [0.25, 0.3) is 0 Å². The highest BCUT2D eigenvalue weighted by Crippen LogP contribution is 2.19. The van der Waals surface area contributed by atoms with Gasteiger partial charge < -0.3 is 21.1 Å². The SMILES string of the molecule is CSCC[C@H](N)C(=O)N1CCC[C@H]1C(=O)N[C@@H](Cc1ccccc1)C(=O)O. The summed E-state index contributed by atoms with van der Waals surface area (Å²) in [4.78, 5) is 38.3. The van der Waals surface area contributed by atoms with Crippen molar-refractivity contribution in [3.8, 4) is 0 Å². The molecule has 2 amide bonds. The summed E-state index contributed by atoms with van der Waals surface area (Å²) in [6, 6.07) is 6.80. The van der Waals surface area contributed by atoms with E-state index in [1.165, 1.54) is 4.90 Å². The molecule has 0 aromatic heterocycles. The molecular weight excluding hydrogens is 366 g/mol. The molecule has 1 aromatic carbocycles. The van der Waals surface area contributed by atoms with Crippen LogP contribution in [0.4, 0.5) is 0 Å². The summed E-state index contributed by atoms with van der Waals surface area (Å²) in [7, 11) is 0. The van der Waals surface area contributed by atoms with Crippen LogP contribution in [-0.2, 0) is 20.8 Å². The molecular formula is C19H27N3O4S. The molecule has 0 spiro atoms. The largest absolute Gasteiger partial charge is 0.480 e. The maximum atomic E-state index is 12.7. The van der Waals surface area contributed by atoms with Gasteiger partial charge in [-0.2, -0.15) is 11.8 Å². The van der Waals surface area contributed by atoms with Crippen LogP contribution < -0.4 is 11.1 Å². The number of nitrogens with two attached hydrogens (primary N) is 1. The summed E-state index contributed by atoms with van der Waals surface area (Å²) >= 11 is 1.61. The Kier molecular flexibility index (Phi) is 8.12. The minimum Gasteiger partial charge on any atom is -0.480 e. The molecule has 1 aliphatic rings. The summed E-state index contributed by atoms with van der Waals surface area (Å²) < 4.78 is 0. The Balaban J connectivity index is 2.01. The summed E-state index contributed by atoms with van der Waals surface area (Å²) in [5.74, 6) is -0.992. The molecule has 27 heavy (non-hydrogen) atoms. The minimum atomic E-state index is -1.10. The molecule has 7 nitrogen and oxygen atoms in total. The van der Waals surface area contributed by atoms with Crippen LogP contribution in [-0.4, -0.2) is 64.5 Å². The number of rotatable bonds is 9. The topological polar surface area (TPSA) is 113 Å². The van der Waals surface area contributed by atoms with E-state index in [1.54, 1.807) is 11.8 Å². The second kappa shape index (κ2) is 10.3. The fourth-order valence-corrected chi connectivity index (χ4v) is 3.69. The predicted octanol–water partition coefficient (Wildman–Crippen LogP) is 0.870. The van der Waals surface area contributed by atoms with Crippen LogP contribution in [0.25, 0.3) is 0 Å². The number of hydrogen-bond donors (Lipinski definition) is 3. The van der Waals surface area contributed by atoms with E-state index in [-0.39, 0.29) is 12.3 Å². The Hall–Kier alpha value is -2.06. The van der Waals surface area contributed by atoms with Crippen molar-refractivity contribution in [3.05, 3.63) is 35.9 Å². The monoisotopic (exact) mass is 393 g/mol. The number of carbonyl (C=O) groups excluding carboxylic acids is 2. The number of amides is 2. The van der Waals surface area contributed by atoms with Crippen LogP contribution >= 0.6 is 11.8 Å². The highest BCUT2D eigenvalue weighted by Gasteiger charge is 2.37. The fraction of sp³-hybridized carbons (Fsp3) is 0.526. The number of aliphatic carboxylic acids is 1. The van der Waals surface area contributed by atoms with Gasteiger partial charge >= 0.3 is 5.97 Å². The first-order valence-electron chi connectivity index (χ1n) is 9.06. The Bertz CT molecular complexity index is 656. The van der Waals surface area contributed by atoms with Crippen molar-refractivity contribution in [2.45, 2.75) is 43.8 Å². The van der Waals surface area contributed by atoms with Crippen molar-refractivity contribution in [1.29, 1.82) is 0 Å². The van der Waals surface area contributed by atoms with Crippen molar-refractivity contribution >= 4 is 29.5 Å². The molecule has 1 fully saturated rings. The second-order valence-electron chi connectivity index (χ2n) is 6.67. The summed E-state index contributed by atoms with van der Waals surface area (Å²) in [6.45, 7) is 0.473. The van der Waals surface area contributed by atoms with E-state index in [1.807, 2.05) is 36.6 Å². The Labute approximate surface area is 163 Å². The molecule has 3 atom stereocenters. The first kappa shape index (κ1) is 21.2. The quantitative estimate of drug-likeness (QED) is 0.574. The third-order valence-electron chi connectivity index (χ3n) is 4.69. The number of carboxylic acid groups (broad SMARTS) is 1. The highest BCUT2D eigenvalue weighted by atomic mass is 32.2. The molecule has 1 saturated heterocycles. The van der Waals surface area contributed by atoms with Crippen molar-refractivity contribution < 1.29 is 19.5 Å². The van der Waals surface area contributed by atoms with Gasteiger partial charge in [0, 0.05) is 13.0 Å². The number of carboxylic acids is 1. The standard InChI is InChI=1S/C19H27N3O4S/c1-27-11-9-14(20)18(24)22-10-5-8-16(22)17(23)21-15(19(25)26)12-13-6-3-2-4-7-13/h2-4,6-7,14-16H,5,8-12,20H2,1H3,(H,21,23)(H,25,26)/t14-,15-,16-/m0/s1. The Morgan fingerprint density at radius 1 is 1.33 bits per heavy atom. The normalized spacial score (nSPS) is 18.7. The molecule has 1 heterocycles. The lowest BCUT2D eigenvalue weighted by Gasteiger charge is -2.27. The van der Waals surface area contributed by atoms with Gasteiger partial charge in [-0.05, 0) is 36.8 Å². The molecule has 148 valence electrons. The van der Waals surface area contributed by atoms with Crippen LogP contribution in [0.5, 0.6) is 0 Å². The van der Waals surface area contributed by atoms with Gasteiger partial charge in [-0.3, -0.25) is 9.59 Å².